The SMILES string of the molecule is Cc1cccc(-c2ncc(NCCCN)cn2)c1. The zero-order valence-electron chi connectivity index (χ0n) is 10.6. The molecule has 0 aliphatic carbocycles. The van der Waals surface area contributed by atoms with Gasteiger partial charge in [0.2, 0.25) is 0 Å². The van der Waals surface area contributed by atoms with Crippen LogP contribution in [-0.2, 0) is 0 Å². The Labute approximate surface area is 107 Å². The van der Waals surface area contributed by atoms with Crippen LogP contribution >= 0.6 is 0 Å². The summed E-state index contributed by atoms with van der Waals surface area (Å²) in [5.74, 6) is 0.753. The molecule has 2 aromatic rings. The lowest BCUT2D eigenvalue weighted by Crippen LogP contribution is -2.08. The first-order valence-corrected chi connectivity index (χ1v) is 6.12. The van der Waals surface area contributed by atoms with Gasteiger partial charge in [-0.1, -0.05) is 23.8 Å². The lowest BCUT2D eigenvalue weighted by molar-refractivity contribution is 0.872. The minimum absolute atomic E-state index is 0.690. The highest BCUT2D eigenvalue weighted by Crippen LogP contribution is 2.16. The Morgan fingerprint density at radius 3 is 2.67 bits per heavy atom. The fraction of sp³-hybridized carbons (Fsp3) is 0.286. The number of rotatable bonds is 5. The van der Waals surface area contributed by atoms with E-state index < -0.39 is 0 Å². The van der Waals surface area contributed by atoms with Crippen molar-refractivity contribution < 1.29 is 0 Å². The summed E-state index contributed by atoms with van der Waals surface area (Å²) in [6.45, 7) is 3.60. The zero-order chi connectivity index (χ0) is 12.8. The predicted molar refractivity (Wildman–Crippen MR) is 74.4 cm³/mol. The van der Waals surface area contributed by atoms with Gasteiger partial charge in [-0.05, 0) is 26.0 Å². The van der Waals surface area contributed by atoms with Crippen molar-refractivity contribution >= 4 is 5.69 Å². The van der Waals surface area contributed by atoms with Crippen molar-refractivity contribution in [2.24, 2.45) is 5.73 Å². The molecule has 94 valence electrons. The van der Waals surface area contributed by atoms with Gasteiger partial charge in [-0.2, -0.15) is 0 Å². The van der Waals surface area contributed by atoms with Crippen LogP contribution in [-0.4, -0.2) is 23.1 Å². The number of nitrogens with two attached hydrogens (primary N) is 1. The first kappa shape index (κ1) is 12.5. The molecule has 0 fully saturated rings. The van der Waals surface area contributed by atoms with E-state index in [4.69, 9.17) is 5.73 Å². The normalized spacial score (nSPS) is 10.3. The van der Waals surface area contributed by atoms with Gasteiger partial charge in [0.1, 0.15) is 0 Å². The average molecular weight is 242 g/mol. The number of aryl methyl sites for hydroxylation is 1. The standard InChI is InChI=1S/C14H18N4/c1-11-4-2-5-12(8-11)14-17-9-13(10-18-14)16-7-3-6-15/h2,4-5,8-10,16H,3,6-7,15H2,1H3. The Balaban J connectivity index is 2.07. The monoisotopic (exact) mass is 242 g/mol. The lowest BCUT2D eigenvalue weighted by Gasteiger charge is -2.05. The van der Waals surface area contributed by atoms with E-state index in [0.717, 1.165) is 30.0 Å². The van der Waals surface area contributed by atoms with Gasteiger partial charge in [-0.15, -0.1) is 0 Å². The summed E-state index contributed by atoms with van der Waals surface area (Å²) in [6.07, 6.45) is 4.56. The third kappa shape index (κ3) is 3.28. The molecular formula is C14H18N4. The summed E-state index contributed by atoms with van der Waals surface area (Å²) in [7, 11) is 0. The van der Waals surface area contributed by atoms with Crippen molar-refractivity contribution in [3.63, 3.8) is 0 Å². The van der Waals surface area contributed by atoms with Crippen LogP contribution in [0.2, 0.25) is 0 Å². The first-order valence-electron chi connectivity index (χ1n) is 6.12. The number of hydrogen-bond donors (Lipinski definition) is 2. The number of nitrogens with one attached hydrogen (secondary N) is 1. The average Bonchev–Trinajstić information content (AvgIpc) is 2.40. The Hall–Kier alpha value is -1.94. The maximum Gasteiger partial charge on any atom is 0.159 e. The van der Waals surface area contributed by atoms with Crippen LogP contribution in [0.4, 0.5) is 5.69 Å². The van der Waals surface area contributed by atoms with Gasteiger partial charge in [0.15, 0.2) is 5.82 Å². The van der Waals surface area contributed by atoms with Crippen molar-refractivity contribution in [3.05, 3.63) is 42.2 Å². The molecule has 1 heterocycles. The molecule has 0 saturated heterocycles. The fourth-order valence-corrected chi connectivity index (χ4v) is 1.69. The van der Waals surface area contributed by atoms with E-state index >= 15 is 0 Å². The molecular weight excluding hydrogens is 224 g/mol. The van der Waals surface area contributed by atoms with E-state index in [2.05, 4.69) is 34.3 Å². The maximum atomic E-state index is 5.44. The molecule has 1 aromatic carbocycles. The molecule has 0 radical (unpaired) electrons. The fourth-order valence-electron chi connectivity index (χ4n) is 1.69. The zero-order valence-corrected chi connectivity index (χ0v) is 10.6. The van der Waals surface area contributed by atoms with E-state index in [1.807, 2.05) is 12.1 Å². The molecule has 0 bridgehead atoms. The second kappa shape index (κ2) is 6.12. The molecule has 4 nitrogen and oxygen atoms in total. The molecule has 4 heteroatoms. The van der Waals surface area contributed by atoms with Gasteiger partial charge < -0.3 is 11.1 Å². The van der Waals surface area contributed by atoms with Crippen LogP contribution < -0.4 is 11.1 Å². The second-order valence-electron chi connectivity index (χ2n) is 4.23. The summed E-state index contributed by atoms with van der Waals surface area (Å²) >= 11 is 0. The van der Waals surface area contributed by atoms with Crippen LogP contribution in [0.3, 0.4) is 0 Å². The third-order valence-corrected chi connectivity index (χ3v) is 2.64. The van der Waals surface area contributed by atoms with Crippen molar-refractivity contribution in [1.29, 1.82) is 0 Å². The Bertz CT molecular complexity index is 493. The highest BCUT2D eigenvalue weighted by atomic mass is 14.9. The maximum absolute atomic E-state index is 5.44. The summed E-state index contributed by atoms with van der Waals surface area (Å²) in [5, 5.41) is 3.23. The summed E-state index contributed by atoms with van der Waals surface area (Å²) in [5.41, 5.74) is 8.62. The van der Waals surface area contributed by atoms with Gasteiger partial charge in [0, 0.05) is 12.1 Å². The van der Waals surface area contributed by atoms with Gasteiger partial charge in [-0.25, -0.2) is 9.97 Å². The Morgan fingerprint density at radius 1 is 1.22 bits per heavy atom. The largest absolute Gasteiger partial charge is 0.383 e. The molecule has 0 spiro atoms. The Morgan fingerprint density at radius 2 is 2.00 bits per heavy atom. The lowest BCUT2D eigenvalue weighted by atomic mass is 10.1. The smallest absolute Gasteiger partial charge is 0.159 e. The van der Waals surface area contributed by atoms with Crippen molar-refractivity contribution in [2.45, 2.75) is 13.3 Å². The first-order chi connectivity index (χ1) is 8.79. The predicted octanol–water partition coefficient (Wildman–Crippen LogP) is 2.21. The highest BCUT2D eigenvalue weighted by Gasteiger charge is 2.01. The molecule has 1 aromatic heterocycles. The van der Waals surface area contributed by atoms with Gasteiger partial charge >= 0.3 is 0 Å². The topological polar surface area (TPSA) is 63.8 Å². The quantitative estimate of drug-likeness (QED) is 0.789. The second-order valence-corrected chi connectivity index (χ2v) is 4.23. The number of aromatic nitrogens is 2. The van der Waals surface area contributed by atoms with Crippen LogP contribution in [0.15, 0.2) is 36.7 Å². The molecule has 0 amide bonds. The van der Waals surface area contributed by atoms with Crippen molar-refractivity contribution in [2.75, 3.05) is 18.4 Å². The Kier molecular flexibility index (Phi) is 4.25. The molecule has 18 heavy (non-hydrogen) atoms. The molecule has 0 atom stereocenters. The van der Waals surface area contributed by atoms with Gasteiger partial charge in [0.05, 0.1) is 18.1 Å². The third-order valence-electron chi connectivity index (χ3n) is 2.64. The van der Waals surface area contributed by atoms with Crippen LogP contribution in [0.1, 0.15) is 12.0 Å². The molecule has 2 rings (SSSR count). The molecule has 0 aliphatic heterocycles. The van der Waals surface area contributed by atoms with E-state index in [-0.39, 0.29) is 0 Å². The minimum atomic E-state index is 0.690. The molecule has 0 unspecified atom stereocenters. The molecule has 0 saturated carbocycles. The number of nitrogens with zero attached hydrogens (tertiary/aromatic N) is 2. The van der Waals surface area contributed by atoms with E-state index in [1.165, 1.54) is 5.56 Å². The van der Waals surface area contributed by atoms with Crippen LogP contribution in [0, 0.1) is 6.92 Å². The van der Waals surface area contributed by atoms with E-state index in [0.29, 0.717) is 6.54 Å². The highest BCUT2D eigenvalue weighted by molar-refractivity contribution is 5.57. The van der Waals surface area contributed by atoms with Crippen LogP contribution in [0.25, 0.3) is 11.4 Å². The number of benzene rings is 1. The summed E-state index contributed by atoms with van der Waals surface area (Å²) in [6, 6.07) is 8.17. The summed E-state index contributed by atoms with van der Waals surface area (Å²) in [4.78, 5) is 8.73. The van der Waals surface area contributed by atoms with Gasteiger partial charge in [-0.3, -0.25) is 0 Å². The van der Waals surface area contributed by atoms with E-state index in [9.17, 15) is 0 Å². The number of hydrogen-bond acceptors (Lipinski definition) is 4. The van der Waals surface area contributed by atoms with Crippen molar-refractivity contribution in [3.8, 4) is 11.4 Å². The van der Waals surface area contributed by atoms with Crippen LogP contribution in [0.5, 0.6) is 0 Å². The molecule has 3 N–H and O–H groups in total. The van der Waals surface area contributed by atoms with E-state index in [1.54, 1.807) is 12.4 Å². The minimum Gasteiger partial charge on any atom is -0.383 e. The number of anilines is 1. The molecule has 0 aliphatic rings. The summed E-state index contributed by atoms with van der Waals surface area (Å²) < 4.78 is 0. The van der Waals surface area contributed by atoms with Gasteiger partial charge in [0.25, 0.3) is 0 Å². The van der Waals surface area contributed by atoms with Crippen molar-refractivity contribution in [1.82, 2.24) is 9.97 Å².